The number of carbonyl (C=O) groups excluding carboxylic acids is 1. The molecule has 0 bridgehead atoms. The zero-order valence-corrected chi connectivity index (χ0v) is 10.0. The van der Waals surface area contributed by atoms with Gasteiger partial charge in [-0.1, -0.05) is 26.0 Å². The molecule has 2 fully saturated rings. The van der Waals surface area contributed by atoms with Crippen molar-refractivity contribution < 1.29 is 4.79 Å². The Morgan fingerprint density at radius 3 is 2.73 bits per heavy atom. The summed E-state index contributed by atoms with van der Waals surface area (Å²) in [5.41, 5.74) is 1.74. The highest BCUT2D eigenvalue weighted by Gasteiger charge is 2.42. The largest absolute Gasteiger partial charge is 0.299 e. The first-order chi connectivity index (χ1) is 6.98. The minimum atomic E-state index is 0.344. The first-order valence-corrected chi connectivity index (χ1v) is 6.17. The predicted octanol–water partition coefficient (Wildman–Crippen LogP) is 3.74. The Labute approximate surface area is 92.9 Å². The molecule has 2 aliphatic rings. The molecule has 0 aliphatic heterocycles. The number of carbonyl (C=O) groups is 1. The summed E-state index contributed by atoms with van der Waals surface area (Å²) in [6, 6.07) is 0. The molecular weight excluding hydrogens is 184 g/mol. The van der Waals surface area contributed by atoms with E-state index in [0.29, 0.717) is 23.0 Å². The molecule has 0 amide bonds. The van der Waals surface area contributed by atoms with Gasteiger partial charge in [0.15, 0.2) is 0 Å². The molecule has 0 heterocycles. The van der Waals surface area contributed by atoms with Crippen molar-refractivity contribution >= 4 is 5.78 Å². The van der Waals surface area contributed by atoms with Gasteiger partial charge < -0.3 is 0 Å². The number of rotatable bonds is 0. The predicted molar refractivity (Wildman–Crippen MR) is 62.6 cm³/mol. The molecule has 2 saturated carbocycles. The third-order valence-electron chi connectivity index (χ3n) is 4.07. The minimum absolute atomic E-state index is 0.344. The lowest BCUT2D eigenvalue weighted by Crippen LogP contribution is -2.21. The normalized spacial score (nSPS) is 35.9. The molecule has 0 saturated heterocycles. The van der Waals surface area contributed by atoms with Gasteiger partial charge in [-0.3, -0.25) is 4.79 Å². The molecule has 0 spiro atoms. The van der Waals surface area contributed by atoms with E-state index in [0.717, 1.165) is 32.1 Å². The van der Waals surface area contributed by atoms with Crippen LogP contribution in [0.5, 0.6) is 0 Å². The van der Waals surface area contributed by atoms with E-state index in [9.17, 15) is 4.79 Å². The van der Waals surface area contributed by atoms with Gasteiger partial charge in [0.25, 0.3) is 0 Å². The van der Waals surface area contributed by atoms with Crippen LogP contribution >= 0.6 is 0 Å². The molecule has 0 N–H and O–H groups in total. The minimum Gasteiger partial charge on any atom is -0.299 e. The van der Waals surface area contributed by atoms with Gasteiger partial charge in [0.1, 0.15) is 5.78 Å². The fourth-order valence-electron chi connectivity index (χ4n) is 3.46. The van der Waals surface area contributed by atoms with Crippen molar-refractivity contribution in [3.05, 3.63) is 12.2 Å². The van der Waals surface area contributed by atoms with Crippen LogP contribution in [0.1, 0.15) is 52.4 Å². The summed E-state index contributed by atoms with van der Waals surface area (Å²) in [4.78, 5) is 12.0. The third-order valence-corrected chi connectivity index (χ3v) is 4.07. The molecular formula is C14H22O. The quantitative estimate of drug-likeness (QED) is 0.552. The van der Waals surface area contributed by atoms with E-state index < -0.39 is 0 Å². The average Bonchev–Trinajstić information content (AvgIpc) is 2.39. The van der Waals surface area contributed by atoms with Gasteiger partial charge in [0.05, 0.1) is 0 Å². The molecule has 15 heavy (non-hydrogen) atoms. The summed E-state index contributed by atoms with van der Waals surface area (Å²) in [7, 11) is 0. The summed E-state index contributed by atoms with van der Waals surface area (Å²) < 4.78 is 0. The molecule has 0 aromatic carbocycles. The maximum atomic E-state index is 12.0. The van der Waals surface area contributed by atoms with Crippen LogP contribution in [0.15, 0.2) is 12.2 Å². The van der Waals surface area contributed by atoms with E-state index >= 15 is 0 Å². The fourth-order valence-corrected chi connectivity index (χ4v) is 3.46. The van der Waals surface area contributed by atoms with Gasteiger partial charge in [-0.2, -0.15) is 0 Å². The van der Waals surface area contributed by atoms with Crippen molar-refractivity contribution in [2.75, 3.05) is 0 Å². The molecule has 0 aromatic rings. The standard InChI is InChI=1S/C14H22O/c1-10-5-4-6-13(15)12-9-14(2,3)8-11(12)7-10/h11-12H,1,4-9H2,2-3H3/t11-,12+/m0/s1. The maximum absolute atomic E-state index is 12.0. The second-order valence-corrected chi connectivity index (χ2v) is 6.21. The van der Waals surface area contributed by atoms with Gasteiger partial charge >= 0.3 is 0 Å². The van der Waals surface area contributed by atoms with E-state index in [4.69, 9.17) is 0 Å². The monoisotopic (exact) mass is 206 g/mol. The number of Topliss-reactive ketones (excluding diaryl/α,β-unsaturated/α-hetero) is 1. The highest BCUT2D eigenvalue weighted by Crippen LogP contribution is 2.49. The van der Waals surface area contributed by atoms with E-state index in [-0.39, 0.29) is 0 Å². The first kappa shape index (κ1) is 10.9. The van der Waals surface area contributed by atoms with Crippen LogP contribution < -0.4 is 0 Å². The number of allylic oxidation sites excluding steroid dienone is 1. The van der Waals surface area contributed by atoms with E-state index in [1.54, 1.807) is 0 Å². The molecule has 84 valence electrons. The van der Waals surface area contributed by atoms with E-state index in [1.165, 1.54) is 12.0 Å². The van der Waals surface area contributed by atoms with Gasteiger partial charge in [0, 0.05) is 12.3 Å². The second-order valence-electron chi connectivity index (χ2n) is 6.21. The van der Waals surface area contributed by atoms with Crippen molar-refractivity contribution in [1.82, 2.24) is 0 Å². The Bertz CT molecular complexity index is 288. The summed E-state index contributed by atoms with van der Waals surface area (Å²) >= 11 is 0. The Morgan fingerprint density at radius 2 is 2.00 bits per heavy atom. The van der Waals surface area contributed by atoms with Crippen molar-refractivity contribution in [3.8, 4) is 0 Å². The Kier molecular flexibility index (Phi) is 2.74. The second kappa shape index (κ2) is 3.77. The van der Waals surface area contributed by atoms with Crippen molar-refractivity contribution in [2.24, 2.45) is 17.3 Å². The summed E-state index contributed by atoms with van der Waals surface area (Å²) in [5, 5.41) is 0. The van der Waals surface area contributed by atoms with Gasteiger partial charge in [-0.15, -0.1) is 0 Å². The topological polar surface area (TPSA) is 17.1 Å². The van der Waals surface area contributed by atoms with E-state index in [2.05, 4.69) is 20.4 Å². The third kappa shape index (κ3) is 2.32. The maximum Gasteiger partial charge on any atom is 0.136 e. The zero-order chi connectivity index (χ0) is 11.1. The number of fused-ring (bicyclic) bond motifs is 1. The van der Waals surface area contributed by atoms with Crippen molar-refractivity contribution in [3.63, 3.8) is 0 Å². The van der Waals surface area contributed by atoms with Crippen LogP contribution in [-0.2, 0) is 4.79 Å². The fraction of sp³-hybridized carbons (Fsp3) is 0.786. The summed E-state index contributed by atoms with van der Waals surface area (Å²) in [6.07, 6.45) is 6.29. The van der Waals surface area contributed by atoms with Crippen LogP contribution in [0.3, 0.4) is 0 Å². The van der Waals surface area contributed by atoms with Gasteiger partial charge in [-0.25, -0.2) is 0 Å². The van der Waals surface area contributed by atoms with Gasteiger partial charge in [0.2, 0.25) is 0 Å². The van der Waals surface area contributed by atoms with Crippen LogP contribution in [-0.4, -0.2) is 5.78 Å². The Morgan fingerprint density at radius 1 is 1.27 bits per heavy atom. The number of hydrogen-bond donors (Lipinski definition) is 0. The van der Waals surface area contributed by atoms with E-state index in [1.807, 2.05) is 0 Å². The zero-order valence-electron chi connectivity index (χ0n) is 10.0. The summed E-state index contributed by atoms with van der Waals surface area (Å²) in [6.45, 7) is 8.74. The SMILES string of the molecule is C=C1CCCC(=O)[C@@H]2CC(C)(C)C[C@@H]2C1. The lowest BCUT2D eigenvalue weighted by molar-refractivity contribution is -0.124. The van der Waals surface area contributed by atoms with Crippen LogP contribution in [0.25, 0.3) is 0 Å². The number of ketones is 1. The average molecular weight is 206 g/mol. The highest BCUT2D eigenvalue weighted by molar-refractivity contribution is 5.81. The first-order valence-electron chi connectivity index (χ1n) is 6.17. The molecule has 2 rings (SSSR count). The Balaban J connectivity index is 2.16. The lowest BCUT2D eigenvalue weighted by Gasteiger charge is -2.22. The van der Waals surface area contributed by atoms with Crippen LogP contribution in [0.4, 0.5) is 0 Å². The molecule has 1 nitrogen and oxygen atoms in total. The molecule has 1 heteroatoms. The van der Waals surface area contributed by atoms with Crippen molar-refractivity contribution in [1.29, 1.82) is 0 Å². The van der Waals surface area contributed by atoms with Gasteiger partial charge in [-0.05, 0) is 43.4 Å². The smallest absolute Gasteiger partial charge is 0.136 e. The molecule has 2 aliphatic carbocycles. The molecule has 0 aromatic heterocycles. The molecule has 2 atom stereocenters. The van der Waals surface area contributed by atoms with Crippen LogP contribution in [0.2, 0.25) is 0 Å². The van der Waals surface area contributed by atoms with Crippen molar-refractivity contribution in [2.45, 2.75) is 52.4 Å². The molecule has 0 radical (unpaired) electrons. The summed E-state index contributed by atoms with van der Waals surface area (Å²) in [5.74, 6) is 1.47. The number of hydrogen-bond acceptors (Lipinski definition) is 1. The lowest BCUT2D eigenvalue weighted by atomic mass is 9.82. The Hall–Kier alpha value is -0.590. The van der Waals surface area contributed by atoms with Crippen LogP contribution in [0, 0.1) is 17.3 Å². The highest BCUT2D eigenvalue weighted by atomic mass is 16.1. The molecule has 0 unspecified atom stereocenters.